The van der Waals surface area contributed by atoms with Gasteiger partial charge in [0.2, 0.25) is 0 Å². The summed E-state index contributed by atoms with van der Waals surface area (Å²) >= 11 is 1.51. The third-order valence-corrected chi connectivity index (χ3v) is 4.37. The number of benzene rings is 1. The molecule has 1 atom stereocenters. The standard InChI is InChI=1S/C17H25N3S/c1-6-11-18-14(13-10-8-7-9-12(13)2)15-16(17(3,4)5)19-20-21-15/h7-10,14,18H,6,11H2,1-5H3. The molecular formula is C17H25N3S. The molecule has 0 amide bonds. The van der Waals surface area contributed by atoms with E-state index < -0.39 is 0 Å². The van der Waals surface area contributed by atoms with Crippen LogP contribution in [0.1, 0.15) is 61.9 Å². The molecule has 0 spiro atoms. The van der Waals surface area contributed by atoms with Crippen LogP contribution < -0.4 is 5.32 Å². The van der Waals surface area contributed by atoms with Crippen LogP contribution in [0, 0.1) is 6.92 Å². The first-order chi connectivity index (χ1) is 9.95. The molecule has 0 bridgehead atoms. The molecule has 114 valence electrons. The zero-order valence-electron chi connectivity index (χ0n) is 13.6. The molecule has 0 aliphatic carbocycles. The molecular weight excluding hydrogens is 278 g/mol. The molecule has 1 aromatic heterocycles. The highest BCUT2D eigenvalue weighted by atomic mass is 32.1. The van der Waals surface area contributed by atoms with Crippen molar-refractivity contribution in [1.82, 2.24) is 14.9 Å². The van der Waals surface area contributed by atoms with Crippen LogP contribution in [0.3, 0.4) is 0 Å². The molecule has 0 saturated carbocycles. The molecule has 21 heavy (non-hydrogen) atoms. The number of aromatic nitrogens is 2. The van der Waals surface area contributed by atoms with Crippen LogP contribution >= 0.6 is 11.5 Å². The summed E-state index contributed by atoms with van der Waals surface area (Å²) < 4.78 is 4.22. The Morgan fingerprint density at radius 3 is 2.57 bits per heavy atom. The van der Waals surface area contributed by atoms with Gasteiger partial charge in [0.05, 0.1) is 16.6 Å². The summed E-state index contributed by atoms with van der Waals surface area (Å²) in [6.07, 6.45) is 1.11. The highest BCUT2D eigenvalue weighted by Crippen LogP contribution is 2.34. The first kappa shape index (κ1) is 16.1. The molecule has 1 unspecified atom stereocenters. The maximum absolute atomic E-state index is 4.40. The Balaban J connectivity index is 2.47. The Labute approximate surface area is 132 Å². The highest BCUT2D eigenvalue weighted by molar-refractivity contribution is 7.05. The topological polar surface area (TPSA) is 37.8 Å². The van der Waals surface area contributed by atoms with Gasteiger partial charge >= 0.3 is 0 Å². The van der Waals surface area contributed by atoms with Gasteiger partial charge in [0.25, 0.3) is 0 Å². The fourth-order valence-corrected chi connectivity index (χ4v) is 3.41. The quantitative estimate of drug-likeness (QED) is 0.898. The summed E-state index contributed by atoms with van der Waals surface area (Å²) in [5.41, 5.74) is 3.74. The van der Waals surface area contributed by atoms with Crippen LogP contribution in [-0.2, 0) is 5.41 Å². The number of hydrogen-bond acceptors (Lipinski definition) is 4. The van der Waals surface area contributed by atoms with E-state index in [1.165, 1.54) is 27.5 Å². The lowest BCUT2D eigenvalue weighted by atomic mass is 9.88. The van der Waals surface area contributed by atoms with Crippen LogP contribution in [0.25, 0.3) is 0 Å². The molecule has 2 aromatic rings. The predicted octanol–water partition coefficient (Wildman–Crippen LogP) is 4.23. The van der Waals surface area contributed by atoms with Gasteiger partial charge in [0.15, 0.2) is 0 Å². The van der Waals surface area contributed by atoms with Gasteiger partial charge in [-0.15, -0.1) is 5.10 Å². The van der Waals surface area contributed by atoms with Gasteiger partial charge in [-0.25, -0.2) is 0 Å². The third-order valence-electron chi connectivity index (χ3n) is 3.58. The van der Waals surface area contributed by atoms with Gasteiger partial charge in [-0.1, -0.05) is 56.4 Å². The number of rotatable bonds is 5. The maximum atomic E-state index is 4.40. The average molecular weight is 303 g/mol. The summed E-state index contributed by atoms with van der Waals surface area (Å²) in [5, 5.41) is 8.07. The largest absolute Gasteiger partial charge is 0.305 e. The zero-order valence-corrected chi connectivity index (χ0v) is 14.4. The van der Waals surface area contributed by atoms with E-state index in [9.17, 15) is 0 Å². The van der Waals surface area contributed by atoms with Gasteiger partial charge in [0, 0.05) is 5.41 Å². The summed E-state index contributed by atoms with van der Waals surface area (Å²) in [5.74, 6) is 0. The van der Waals surface area contributed by atoms with Crippen LogP contribution in [0.2, 0.25) is 0 Å². The number of hydrogen-bond donors (Lipinski definition) is 1. The molecule has 1 heterocycles. The predicted molar refractivity (Wildman–Crippen MR) is 89.9 cm³/mol. The van der Waals surface area contributed by atoms with Crippen molar-refractivity contribution >= 4 is 11.5 Å². The minimum atomic E-state index is 0.0111. The Bertz CT molecular complexity index is 584. The Kier molecular flexibility index (Phi) is 5.12. The van der Waals surface area contributed by atoms with Gasteiger partial charge in [-0.3, -0.25) is 0 Å². The number of nitrogens with one attached hydrogen (secondary N) is 1. The summed E-state index contributed by atoms with van der Waals surface area (Å²) in [7, 11) is 0. The van der Waals surface area contributed by atoms with E-state index in [-0.39, 0.29) is 11.5 Å². The smallest absolute Gasteiger partial charge is 0.0860 e. The summed E-state index contributed by atoms with van der Waals surface area (Å²) in [6.45, 7) is 11.9. The molecule has 0 aliphatic heterocycles. The number of nitrogens with zero attached hydrogens (tertiary/aromatic N) is 2. The Morgan fingerprint density at radius 1 is 1.24 bits per heavy atom. The third kappa shape index (κ3) is 3.69. The normalized spacial score (nSPS) is 13.4. The van der Waals surface area contributed by atoms with E-state index in [1.54, 1.807) is 0 Å². The van der Waals surface area contributed by atoms with Crippen molar-refractivity contribution in [3.8, 4) is 0 Å². The van der Waals surface area contributed by atoms with Gasteiger partial charge in [-0.05, 0) is 42.5 Å². The van der Waals surface area contributed by atoms with E-state index in [1.807, 2.05) is 0 Å². The fraction of sp³-hybridized carbons (Fsp3) is 0.529. The molecule has 0 aliphatic rings. The van der Waals surface area contributed by atoms with Crippen LogP contribution in [0.4, 0.5) is 0 Å². The van der Waals surface area contributed by atoms with Crippen molar-refractivity contribution in [2.45, 2.75) is 52.5 Å². The van der Waals surface area contributed by atoms with E-state index in [2.05, 4.69) is 73.8 Å². The first-order valence-electron chi connectivity index (χ1n) is 7.56. The van der Waals surface area contributed by atoms with E-state index in [0.29, 0.717) is 0 Å². The van der Waals surface area contributed by atoms with Gasteiger partial charge in [-0.2, -0.15) is 0 Å². The van der Waals surface area contributed by atoms with E-state index in [4.69, 9.17) is 0 Å². The summed E-state index contributed by atoms with van der Waals surface area (Å²) in [6, 6.07) is 8.75. The second-order valence-electron chi connectivity index (χ2n) is 6.48. The molecule has 1 N–H and O–H groups in total. The van der Waals surface area contributed by atoms with Crippen molar-refractivity contribution in [3.63, 3.8) is 0 Å². The molecule has 0 saturated heterocycles. The maximum Gasteiger partial charge on any atom is 0.0860 e. The van der Waals surface area contributed by atoms with Crippen molar-refractivity contribution in [3.05, 3.63) is 46.0 Å². The molecule has 2 rings (SSSR count). The fourth-order valence-electron chi connectivity index (χ4n) is 2.45. The second-order valence-corrected chi connectivity index (χ2v) is 7.27. The van der Waals surface area contributed by atoms with Crippen LogP contribution in [-0.4, -0.2) is 16.1 Å². The number of aryl methyl sites for hydroxylation is 1. The lowest BCUT2D eigenvalue weighted by Crippen LogP contribution is -2.26. The Hall–Kier alpha value is -1.26. The highest BCUT2D eigenvalue weighted by Gasteiger charge is 2.28. The van der Waals surface area contributed by atoms with Crippen molar-refractivity contribution in [1.29, 1.82) is 0 Å². The molecule has 0 radical (unpaired) electrons. The van der Waals surface area contributed by atoms with Crippen molar-refractivity contribution < 1.29 is 0 Å². The Morgan fingerprint density at radius 2 is 1.95 bits per heavy atom. The van der Waals surface area contributed by atoms with E-state index in [0.717, 1.165) is 18.7 Å². The molecule has 0 fully saturated rings. The second kappa shape index (κ2) is 6.67. The van der Waals surface area contributed by atoms with Crippen molar-refractivity contribution in [2.24, 2.45) is 0 Å². The summed E-state index contributed by atoms with van der Waals surface area (Å²) in [4.78, 5) is 1.24. The van der Waals surface area contributed by atoms with Gasteiger partial charge in [0.1, 0.15) is 0 Å². The SMILES string of the molecule is CCCNC(c1ccccc1C)c1snnc1C(C)(C)C. The monoisotopic (exact) mass is 303 g/mol. The zero-order chi connectivity index (χ0) is 15.5. The van der Waals surface area contributed by atoms with Gasteiger partial charge < -0.3 is 5.32 Å². The van der Waals surface area contributed by atoms with Crippen LogP contribution in [0.5, 0.6) is 0 Å². The minimum Gasteiger partial charge on any atom is -0.305 e. The van der Waals surface area contributed by atoms with Crippen LogP contribution in [0.15, 0.2) is 24.3 Å². The molecule has 4 heteroatoms. The molecule has 1 aromatic carbocycles. The average Bonchev–Trinajstić information content (AvgIpc) is 2.90. The van der Waals surface area contributed by atoms with E-state index >= 15 is 0 Å². The van der Waals surface area contributed by atoms with Crippen molar-refractivity contribution in [2.75, 3.05) is 6.54 Å². The lowest BCUT2D eigenvalue weighted by molar-refractivity contribution is 0.537. The minimum absolute atomic E-state index is 0.0111. The first-order valence-corrected chi connectivity index (χ1v) is 8.34. The lowest BCUT2D eigenvalue weighted by Gasteiger charge is -2.24. The molecule has 3 nitrogen and oxygen atoms in total.